The van der Waals surface area contributed by atoms with Crippen LogP contribution in [0.25, 0.3) is 0 Å². The number of hydrogen-bond donors (Lipinski definition) is 1. The van der Waals surface area contributed by atoms with Gasteiger partial charge in [-0.2, -0.15) is 0 Å². The summed E-state index contributed by atoms with van der Waals surface area (Å²) in [5.74, 6) is 0.614. The number of hydrogen-bond acceptors (Lipinski definition) is 4. The van der Waals surface area contributed by atoms with Crippen molar-refractivity contribution in [2.75, 3.05) is 31.8 Å². The van der Waals surface area contributed by atoms with Crippen LogP contribution in [0, 0.1) is 0 Å². The minimum absolute atomic E-state index is 0.0326. The summed E-state index contributed by atoms with van der Waals surface area (Å²) in [4.78, 5) is 13.7. The first-order chi connectivity index (χ1) is 9.26. The highest BCUT2D eigenvalue weighted by molar-refractivity contribution is 5.96. The second kappa shape index (κ2) is 6.54. The molecule has 1 amide bonds. The lowest BCUT2D eigenvalue weighted by Gasteiger charge is -2.33. The average Bonchev–Trinajstić information content (AvgIpc) is 2.46. The summed E-state index contributed by atoms with van der Waals surface area (Å²) in [5.41, 5.74) is 0.771. The van der Waals surface area contributed by atoms with Crippen molar-refractivity contribution in [1.82, 2.24) is 0 Å². The maximum Gasteiger partial charge on any atom is 0.253 e. The number of rotatable bonds is 5. The summed E-state index contributed by atoms with van der Waals surface area (Å²) in [5, 5.41) is 8.86. The van der Waals surface area contributed by atoms with E-state index < -0.39 is 0 Å². The third-order valence-corrected chi connectivity index (χ3v) is 3.19. The highest BCUT2D eigenvalue weighted by Crippen LogP contribution is 2.29. The van der Waals surface area contributed by atoms with Crippen LogP contribution in [0.15, 0.2) is 24.3 Å². The Morgan fingerprint density at radius 3 is 3.00 bits per heavy atom. The smallest absolute Gasteiger partial charge is 0.253 e. The first-order valence-electron chi connectivity index (χ1n) is 6.42. The zero-order valence-corrected chi connectivity index (χ0v) is 11.0. The highest BCUT2D eigenvalue weighted by Gasteiger charge is 2.28. The van der Waals surface area contributed by atoms with Crippen LogP contribution < -0.4 is 9.64 Å². The summed E-state index contributed by atoms with van der Waals surface area (Å²) >= 11 is 0. The number of benzene rings is 1. The number of methoxy groups -OCH3 is 1. The van der Waals surface area contributed by atoms with Crippen LogP contribution in [0.3, 0.4) is 0 Å². The second-order valence-corrected chi connectivity index (χ2v) is 4.48. The van der Waals surface area contributed by atoms with Crippen LogP contribution in [0.5, 0.6) is 5.75 Å². The molecule has 0 radical (unpaired) electrons. The van der Waals surface area contributed by atoms with Gasteiger partial charge in [0.2, 0.25) is 0 Å². The molecule has 5 nitrogen and oxygen atoms in total. The molecular formula is C14H19NO4. The molecule has 1 saturated heterocycles. The molecular weight excluding hydrogens is 246 g/mol. The minimum atomic E-state index is -0.0650. The van der Waals surface area contributed by atoms with Gasteiger partial charge < -0.3 is 19.5 Å². The summed E-state index contributed by atoms with van der Waals surface area (Å²) in [6.07, 6.45) is 1.39. The number of carbonyl (C=O) groups excluding carboxylic acids is 1. The van der Waals surface area contributed by atoms with Gasteiger partial charge in [0.05, 0.1) is 25.4 Å². The van der Waals surface area contributed by atoms with E-state index >= 15 is 0 Å². The van der Waals surface area contributed by atoms with Crippen molar-refractivity contribution in [3.8, 4) is 5.75 Å². The van der Waals surface area contributed by atoms with Crippen molar-refractivity contribution >= 4 is 11.6 Å². The van der Waals surface area contributed by atoms with Crippen LogP contribution in [0.2, 0.25) is 0 Å². The van der Waals surface area contributed by atoms with Crippen molar-refractivity contribution in [3.63, 3.8) is 0 Å². The van der Waals surface area contributed by atoms with Crippen LogP contribution in [-0.4, -0.2) is 44.0 Å². The normalized spacial score (nSPS) is 19.6. The standard InChI is InChI=1S/C14H19NO4/c1-18-13-7-3-2-6-12(13)15-9-11(5-4-8-16)19-10-14(15)17/h2-3,6-7,11,16H,4-5,8-10H2,1H3. The lowest BCUT2D eigenvalue weighted by molar-refractivity contribution is -0.129. The molecule has 1 aliphatic rings. The molecule has 19 heavy (non-hydrogen) atoms. The zero-order chi connectivity index (χ0) is 13.7. The lowest BCUT2D eigenvalue weighted by Crippen LogP contribution is -2.47. The van der Waals surface area contributed by atoms with E-state index in [9.17, 15) is 4.79 Å². The van der Waals surface area contributed by atoms with Gasteiger partial charge in [0.25, 0.3) is 5.91 Å². The van der Waals surface area contributed by atoms with E-state index in [1.165, 1.54) is 0 Å². The SMILES string of the molecule is COc1ccccc1N1CC(CCCO)OCC1=O. The third kappa shape index (κ3) is 3.24. The summed E-state index contributed by atoms with van der Waals surface area (Å²) in [6.45, 7) is 0.718. The first kappa shape index (κ1) is 13.8. The van der Waals surface area contributed by atoms with E-state index in [2.05, 4.69) is 0 Å². The number of morpholine rings is 1. The van der Waals surface area contributed by atoms with Gasteiger partial charge in [0, 0.05) is 6.61 Å². The molecule has 1 unspecified atom stereocenters. The lowest BCUT2D eigenvalue weighted by atomic mass is 10.1. The van der Waals surface area contributed by atoms with Crippen molar-refractivity contribution in [3.05, 3.63) is 24.3 Å². The third-order valence-electron chi connectivity index (χ3n) is 3.19. The van der Waals surface area contributed by atoms with Crippen molar-refractivity contribution in [1.29, 1.82) is 0 Å². The fraction of sp³-hybridized carbons (Fsp3) is 0.500. The Labute approximate surface area is 112 Å². The van der Waals surface area contributed by atoms with Crippen LogP contribution in [0.1, 0.15) is 12.8 Å². The van der Waals surface area contributed by atoms with Gasteiger partial charge in [-0.15, -0.1) is 0 Å². The fourth-order valence-corrected chi connectivity index (χ4v) is 2.20. The van der Waals surface area contributed by atoms with Gasteiger partial charge in [-0.1, -0.05) is 12.1 Å². The number of carbonyl (C=O) groups is 1. The van der Waals surface area contributed by atoms with E-state index in [0.717, 1.165) is 12.1 Å². The predicted molar refractivity (Wildman–Crippen MR) is 71.4 cm³/mol. The summed E-state index contributed by atoms with van der Waals surface area (Å²) in [7, 11) is 1.59. The maximum absolute atomic E-state index is 12.0. The molecule has 104 valence electrons. The number of aliphatic hydroxyl groups is 1. The molecule has 1 N–H and O–H groups in total. The molecule has 0 bridgehead atoms. The summed E-state index contributed by atoms with van der Waals surface area (Å²) < 4.78 is 10.8. The molecule has 5 heteroatoms. The van der Waals surface area contributed by atoms with Gasteiger partial charge in [-0.05, 0) is 25.0 Å². The minimum Gasteiger partial charge on any atom is -0.495 e. The first-order valence-corrected chi connectivity index (χ1v) is 6.42. The second-order valence-electron chi connectivity index (χ2n) is 4.48. The van der Waals surface area contributed by atoms with E-state index in [1.807, 2.05) is 24.3 Å². The molecule has 1 fully saturated rings. The van der Waals surface area contributed by atoms with E-state index in [0.29, 0.717) is 18.7 Å². The van der Waals surface area contributed by atoms with E-state index in [1.54, 1.807) is 12.0 Å². The molecule has 1 aliphatic heterocycles. The van der Waals surface area contributed by atoms with E-state index in [-0.39, 0.29) is 25.2 Å². The number of amides is 1. The number of anilines is 1. The molecule has 2 rings (SSSR count). The largest absolute Gasteiger partial charge is 0.495 e. The molecule has 1 heterocycles. The molecule has 1 atom stereocenters. The molecule has 0 saturated carbocycles. The average molecular weight is 265 g/mol. The van der Waals surface area contributed by atoms with Gasteiger partial charge in [0.1, 0.15) is 12.4 Å². The number of aliphatic hydroxyl groups excluding tert-OH is 1. The maximum atomic E-state index is 12.0. The van der Waals surface area contributed by atoms with Crippen molar-refractivity contribution < 1.29 is 19.4 Å². The van der Waals surface area contributed by atoms with Crippen LogP contribution in [-0.2, 0) is 9.53 Å². The molecule has 0 aliphatic carbocycles. The van der Waals surface area contributed by atoms with Crippen LogP contribution in [0.4, 0.5) is 5.69 Å². The Kier molecular flexibility index (Phi) is 4.76. The van der Waals surface area contributed by atoms with E-state index in [4.69, 9.17) is 14.6 Å². The Morgan fingerprint density at radius 1 is 1.47 bits per heavy atom. The topological polar surface area (TPSA) is 59.0 Å². The predicted octanol–water partition coefficient (Wildman–Crippen LogP) is 1.20. The Hall–Kier alpha value is -1.59. The highest BCUT2D eigenvalue weighted by atomic mass is 16.5. The molecule has 1 aromatic rings. The zero-order valence-electron chi connectivity index (χ0n) is 11.0. The van der Waals surface area contributed by atoms with Crippen molar-refractivity contribution in [2.24, 2.45) is 0 Å². The Balaban J connectivity index is 2.14. The molecule has 0 aromatic heterocycles. The van der Waals surface area contributed by atoms with Gasteiger partial charge >= 0.3 is 0 Å². The Bertz CT molecular complexity index is 435. The number of nitrogens with zero attached hydrogens (tertiary/aromatic N) is 1. The summed E-state index contributed by atoms with van der Waals surface area (Å²) in [6, 6.07) is 7.45. The number of para-hydroxylation sites is 2. The quantitative estimate of drug-likeness (QED) is 0.869. The monoisotopic (exact) mass is 265 g/mol. The van der Waals surface area contributed by atoms with Gasteiger partial charge in [-0.3, -0.25) is 4.79 Å². The fourth-order valence-electron chi connectivity index (χ4n) is 2.20. The van der Waals surface area contributed by atoms with Gasteiger partial charge in [-0.25, -0.2) is 0 Å². The number of ether oxygens (including phenoxy) is 2. The Morgan fingerprint density at radius 2 is 2.26 bits per heavy atom. The van der Waals surface area contributed by atoms with Crippen LogP contribution >= 0.6 is 0 Å². The molecule has 0 spiro atoms. The molecule has 1 aromatic carbocycles. The van der Waals surface area contributed by atoms with Gasteiger partial charge in [0.15, 0.2) is 0 Å². The van der Waals surface area contributed by atoms with Crippen molar-refractivity contribution in [2.45, 2.75) is 18.9 Å².